The van der Waals surface area contributed by atoms with E-state index in [2.05, 4.69) is 23.8 Å². The SMILES string of the molecule is CC(C)CCSc1nccc(CN)n1. The molecule has 0 atom stereocenters. The van der Waals surface area contributed by atoms with Crippen LogP contribution in [-0.4, -0.2) is 15.7 Å². The number of rotatable bonds is 5. The predicted molar refractivity (Wildman–Crippen MR) is 60.1 cm³/mol. The summed E-state index contributed by atoms with van der Waals surface area (Å²) in [5.74, 6) is 1.81. The molecule has 78 valence electrons. The number of hydrogen-bond acceptors (Lipinski definition) is 4. The lowest BCUT2D eigenvalue weighted by Crippen LogP contribution is -2.01. The molecule has 2 N–H and O–H groups in total. The number of hydrogen-bond donors (Lipinski definition) is 1. The molecule has 3 nitrogen and oxygen atoms in total. The van der Waals surface area contributed by atoms with Crippen LogP contribution in [0.2, 0.25) is 0 Å². The third-order valence-corrected chi connectivity index (χ3v) is 2.72. The minimum atomic E-state index is 0.486. The van der Waals surface area contributed by atoms with Gasteiger partial charge in [-0.15, -0.1) is 0 Å². The van der Waals surface area contributed by atoms with Crippen LogP contribution in [0.25, 0.3) is 0 Å². The van der Waals surface area contributed by atoms with E-state index in [0.29, 0.717) is 6.54 Å². The smallest absolute Gasteiger partial charge is 0.187 e. The highest BCUT2D eigenvalue weighted by Gasteiger charge is 2.00. The molecule has 0 bridgehead atoms. The quantitative estimate of drug-likeness (QED) is 0.598. The maximum Gasteiger partial charge on any atom is 0.187 e. The molecule has 1 aromatic heterocycles. The maximum atomic E-state index is 5.50. The Bertz CT molecular complexity index is 276. The lowest BCUT2D eigenvalue weighted by Gasteiger charge is -2.03. The Kier molecular flexibility index (Phi) is 4.90. The van der Waals surface area contributed by atoms with E-state index in [-0.39, 0.29) is 0 Å². The zero-order valence-electron chi connectivity index (χ0n) is 8.73. The zero-order valence-corrected chi connectivity index (χ0v) is 9.55. The number of nitrogens with two attached hydrogens (primary N) is 1. The summed E-state index contributed by atoms with van der Waals surface area (Å²) in [6.45, 7) is 4.93. The maximum absolute atomic E-state index is 5.50. The summed E-state index contributed by atoms with van der Waals surface area (Å²) in [6.07, 6.45) is 2.97. The van der Waals surface area contributed by atoms with Crippen molar-refractivity contribution in [3.63, 3.8) is 0 Å². The summed E-state index contributed by atoms with van der Waals surface area (Å²) < 4.78 is 0. The summed E-state index contributed by atoms with van der Waals surface area (Å²) in [7, 11) is 0. The van der Waals surface area contributed by atoms with Gasteiger partial charge in [0.2, 0.25) is 0 Å². The van der Waals surface area contributed by atoms with Crippen LogP contribution in [0.4, 0.5) is 0 Å². The molecule has 0 aliphatic carbocycles. The molecule has 14 heavy (non-hydrogen) atoms. The van der Waals surface area contributed by atoms with Gasteiger partial charge in [-0.05, 0) is 18.4 Å². The van der Waals surface area contributed by atoms with Crippen LogP contribution < -0.4 is 5.73 Å². The second-order valence-electron chi connectivity index (χ2n) is 3.57. The minimum absolute atomic E-state index is 0.486. The number of aromatic nitrogens is 2. The summed E-state index contributed by atoms with van der Waals surface area (Å²) in [4.78, 5) is 8.50. The van der Waals surface area contributed by atoms with Crippen LogP contribution >= 0.6 is 11.8 Å². The Morgan fingerprint density at radius 2 is 2.29 bits per heavy atom. The third kappa shape index (κ3) is 4.07. The zero-order chi connectivity index (χ0) is 10.4. The molecule has 0 radical (unpaired) electrons. The van der Waals surface area contributed by atoms with Gasteiger partial charge >= 0.3 is 0 Å². The molecule has 0 aliphatic rings. The Labute approximate surface area is 89.5 Å². The first kappa shape index (κ1) is 11.5. The molecule has 1 heterocycles. The first-order chi connectivity index (χ1) is 6.72. The lowest BCUT2D eigenvalue weighted by molar-refractivity contribution is 0.631. The van der Waals surface area contributed by atoms with E-state index in [1.54, 1.807) is 18.0 Å². The Hall–Kier alpha value is -0.610. The minimum Gasteiger partial charge on any atom is -0.325 e. The molecule has 0 fully saturated rings. The van der Waals surface area contributed by atoms with E-state index in [9.17, 15) is 0 Å². The van der Waals surface area contributed by atoms with Crippen molar-refractivity contribution in [2.45, 2.75) is 32.0 Å². The van der Waals surface area contributed by atoms with E-state index < -0.39 is 0 Å². The van der Waals surface area contributed by atoms with Crippen molar-refractivity contribution in [2.75, 3.05) is 5.75 Å². The van der Waals surface area contributed by atoms with Crippen molar-refractivity contribution in [3.8, 4) is 0 Å². The van der Waals surface area contributed by atoms with Crippen molar-refractivity contribution in [2.24, 2.45) is 11.7 Å². The molecule has 1 aromatic rings. The van der Waals surface area contributed by atoms with Crippen LogP contribution in [0.15, 0.2) is 17.4 Å². The van der Waals surface area contributed by atoms with Crippen molar-refractivity contribution in [1.29, 1.82) is 0 Å². The standard InChI is InChI=1S/C10H17N3S/c1-8(2)4-6-14-10-12-5-3-9(7-11)13-10/h3,5,8H,4,6-7,11H2,1-2H3. The monoisotopic (exact) mass is 211 g/mol. The average Bonchev–Trinajstić information content (AvgIpc) is 2.18. The molecule has 0 spiro atoms. The molecular weight excluding hydrogens is 194 g/mol. The van der Waals surface area contributed by atoms with E-state index in [1.165, 1.54) is 6.42 Å². The fourth-order valence-corrected chi connectivity index (χ4v) is 2.03. The largest absolute Gasteiger partial charge is 0.325 e. The fraction of sp³-hybridized carbons (Fsp3) is 0.600. The normalized spacial score (nSPS) is 10.9. The van der Waals surface area contributed by atoms with Gasteiger partial charge in [0.1, 0.15) is 0 Å². The van der Waals surface area contributed by atoms with Gasteiger partial charge in [-0.1, -0.05) is 25.6 Å². The van der Waals surface area contributed by atoms with Crippen LogP contribution in [0.1, 0.15) is 26.0 Å². The first-order valence-electron chi connectivity index (χ1n) is 4.87. The Balaban J connectivity index is 2.42. The van der Waals surface area contributed by atoms with E-state index in [0.717, 1.165) is 22.5 Å². The van der Waals surface area contributed by atoms with Gasteiger partial charge in [0.05, 0.1) is 5.69 Å². The van der Waals surface area contributed by atoms with E-state index in [1.807, 2.05) is 6.07 Å². The van der Waals surface area contributed by atoms with Gasteiger partial charge in [-0.25, -0.2) is 9.97 Å². The van der Waals surface area contributed by atoms with Crippen LogP contribution in [0.3, 0.4) is 0 Å². The lowest BCUT2D eigenvalue weighted by atomic mass is 10.2. The molecule has 4 heteroatoms. The van der Waals surface area contributed by atoms with E-state index in [4.69, 9.17) is 5.73 Å². The second kappa shape index (κ2) is 5.98. The summed E-state index contributed by atoms with van der Waals surface area (Å²) >= 11 is 1.70. The highest BCUT2D eigenvalue weighted by Crippen LogP contribution is 2.15. The molecule has 1 rings (SSSR count). The van der Waals surface area contributed by atoms with Gasteiger partial charge in [-0.3, -0.25) is 0 Å². The Morgan fingerprint density at radius 1 is 1.50 bits per heavy atom. The molecular formula is C10H17N3S. The Morgan fingerprint density at radius 3 is 2.93 bits per heavy atom. The van der Waals surface area contributed by atoms with Crippen LogP contribution in [0.5, 0.6) is 0 Å². The van der Waals surface area contributed by atoms with Gasteiger partial charge in [-0.2, -0.15) is 0 Å². The van der Waals surface area contributed by atoms with Crippen molar-refractivity contribution < 1.29 is 0 Å². The van der Waals surface area contributed by atoms with Crippen LogP contribution in [-0.2, 0) is 6.54 Å². The van der Waals surface area contributed by atoms with Crippen molar-refractivity contribution in [1.82, 2.24) is 9.97 Å². The topological polar surface area (TPSA) is 51.8 Å². The highest BCUT2D eigenvalue weighted by molar-refractivity contribution is 7.99. The molecule has 0 saturated carbocycles. The molecule has 0 unspecified atom stereocenters. The van der Waals surface area contributed by atoms with Gasteiger partial charge in [0.25, 0.3) is 0 Å². The second-order valence-corrected chi connectivity index (χ2v) is 4.63. The summed E-state index contributed by atoms with van der Waals surface area (Å²) in [6, 6.07) is 1.85. The van der Waals surface area contributed by atoms with Gasteiger partial charge < -0.3 is 5.73 Å². The number of thioether (sulfide) groups is 1. The summed E-state index contributed by atoms with van der Waals surface area (Å²) in [5.41, 5.74) is 6.41. The van der Waals surface area contributed by atoms with Gasteiger partial charge in [0.15, 0.2) is 5.16 Å². The molecule has 0 aliphatic heterocycles. The first-order valence-corrected chi connectivity index (χ1v) is 5.85. The average molecular weight is 211 g/mol. The fourth-order valence-electron chi connectivity index (χ4n) is 0.945. The highest BCUT2D eigenvalue weighted by atomic mass is 32.2. The molecule has 0 amide bonds. The third-order valence-electron chi connectivity index (χ3n) is 1.83. The number of nitrogens with zero attached hydrogens (tertiary/aromatic N) is 2. The van der Waals surface area contributed by atoms with Crippen LogP contribution in [0, 0.1) is 5.92 Å². The van der Waals surface area contributed by atoms with Crippen molar-refractivity contribution >= 4 is 11.8 Å². The van der Waals surface area contributed by atoms with Crippen molar-refractivity contribution in [3.05, 3.63) is 18.0 Å². The predicted octanol–water partition coefficient (Wildman–Crippen LogP) is 2.07. The van der Waals surface area contributed by atoms with Gasteiger partial charge in [0, 0.05) is 18.5 Å². The summed E-state index contributed by atoms with van der Waals surface area (Å²) in [5, 5.41) is 0.841. The van der Waals surface area contributed by atoms with E-state index >= 15 is 0 Å². The molecule has 0 aromatic carbocycles. The molecule has 0 saturated heterocycles.